The number of para-hydroxylation sites is 2. The van der Waals surface area contributed by atoms with E-state index in [1.165, 1.54) is 0 Å². The van der Waals surface area contributed by atoms with Crippen molar-refractivity contribution in [3.05, 3.63) is 58.6 Å². The maximum Gasteiger partial charge on any atom is 0.325 e. The van der Waals surface area contributed by atoms with Gasteiger partial charge in [-0.05, 0) is 43.2 Å². The number of amides is 4. The molecule has 1 saturated heterocycles. The van der Waals surface area contributed by atoms with Gasteiger partial charge in [0.15, 0.2) is 0 Å². The number of benzene rings is 2. The molecular weight excluding hydrogens is 438 g/mol. The van der Waals surface area contributed by atoms with Crippen molar-refractivity contribution >= 4 is 39.5 Å². The standard InChI is InChI=1S/C21H22BrN3O4/c1-3-11-29-17-10-5-4-9-16(17)23-18(26)13-25-19(27)21(2,24-20(25)28)14-7-6-8-15(22)12-14/h4-10,12H,3,11,13H2,1-2H3,(H,23,26)(H,24,28). The van der Waals surface area contributed by atoms with E-state index in [0.717, 1.165) is 15.8 Å². The van der Waals surface area contributed by atoms with Crippen LogP contribution < -0.4 is 15.4 Å². The average Bonchev–Trinajstić information content (AvgIpc) is 2.91. The molecule has 4 amide bonds. The second-order valence-electron chi connectivity index (χ2n) is 6.85. The lowest BCUT2D eigenvalue weighted by Gasteiger charge is -2.22. The number of ether oxygens (including phenoxy) is 1. The molecule has 2 aromatic rings. The molecule has 8 heteroatoms. The van der Waals surface area contributed by atoms with Gasteiger partial charge in [0, 0.05) is 4.47 Å². The van der Waals surface area contributed by atoms with Gasteiger partial charge in [0.1, 0.15) is 17.8 Å². The molecule has 0 bridgehead atoms. The predicted octanol–water partition coefficient (Wildman–Crippen LogP) is 3.64. The fraction of sp³-hybridized carbons (Fsp3) is 0.286. The first-order valence-corrected chi connectivity index (χ1v) is 10.1. The van der Waals surface area contributed by atoms with Crippen molar-refractivity contribution < 1.29 is 19.1 Å². The van der Waals surface area contributed by atoms with Gasteiger partial charge in [-0.3, -0.25) is 14.5 Å². The molecule has 0 spiro atoms. The number of anilines is 1. The molecule has 0 saturated carbocycles. The van der Waals surface area contributed by atoms with Crippen molar-refractivity contribution in [1.82, 2.24) is 10.2 Å². The maximum absolute atomic E-state index is 13.0. The molecule has 1 atom stereocenters. The zero-order chi connectivity index (χ0) is 21.0. The normalized spacial score (nSPS) is 18.5. The number of imide groups is 1. The number of halogens is 1. The molecule has 1 aliphatic heterocycles. The fourth-order valence-electron chi connectivity index (χ4n) is 3.08. The van der Waals surface area contributed by atoms with Crippen molar-refractivity contribution in [1.29, 1.82) is 0 Å². The third kappa shape index (κ3) is 4.42. The SMILES string of the molecule is CCCOc1ccccc1NC(=O)CN1C(=O)NC(C)(c2cccc(Br)c2)C1=O. The first kappa shape index (κ1) is 20.9. The first-order valence-electron chi connectivity index (χ1n) is 9.27. The summed E-state index contributed by atoms with van der Waals surface area (Å²) >= 11 is 3.37. The van der Waals surface area contributed by atoms with Crippen LogP contribution in [0.25, 0.3) is 0 Å². The number of hydrogen-bond donors (Lipinski definition) is 2. The van der Waals surface area contributed by atoms with Crippen LogP contribution in [0.1, 0.15) is 25.8 Å². The Morgan fingerprint density at radius 2 is 1.97 bits per heavy atom. The van der Waals surface area contributed by atoms with E-state index < -0.39 is 29.9 Å². The highest BCUT2D eigenvalue weighted by Crippen LogP contribution is 2.30. The van der Waals surface area contributed by atoms with Gasteiger partial charge in [-0.2, -0.15) is 0 Å². The predicted molar refractivity (Wildman–Crippen MR) is 113 cm³/mol. The zero-order valence-electron chi connectivity index (χ0n) is 16.2. The zero-order valence-corrected chi connectivity index (χ0v) is 17.8. The van der Waals surface area contributed by atoms with Crippen LogP contribution in [0.2, 0.25) is 0 Å². The third-order valence-corrected chi connectivity index (χ3v) is 5.09. The lowest BCUT2D eigenvalue weighted by Crippen LogP contribution is -2.42. The molecule has 1 heterocycles. The Labute approximate surface area is 177 Å². The van der Waals surface area contributed by atoms with Gasteiger partial charge in [-0.1, -0.05) is 47.1 Å². The minimum absolute atomic E-state index is 0.392. The minimum Gasteiger partial charge on any atom is -0.491 e. The van der Waals surface area contributed by atoms with Crippen LogP contribution in [0.15, 0.2) is 53.0 Å². The van der Waals surface area contributed by atoms with Crippen molar-refractivity contribution in [2.24, 2.45) is 0 Å². The molecule has 7 nitrogen and oxygen atoms in total. The van der Waals surface area contributed by atoms with Crippen LogP contribution in [0.3, 0.4) is 0 Å². The van der Waals surface area contributed by atoms with Crippen molar-refractivity contribution in [3.63, 3.8) is 0 Å². The molecule has 0 aliphatic carbocycles. The Bertz CT molecular complexity index is 949. The summed E-state index contributed by atoms with van der Waals surface area (Å²) in [5.41, 5.74) is -0.109. The van der Waals surface area contributed by atoms with Crippen LogP contribution in [0, 0.1) is 0 Å². The van der Waals surface area contributed by atoms with E-state index in [-0.39, 0.29) is 0 Å². The van der Waals surface area contributed by atoms with Gasteiger partial charge >= 0.3 is 6.03 Å². The van der Waals surface area contributed by atoms with Crippen LogP contribution in [0.5, 0.6) is 5.75 Å². The molecular formula is C21H22BrN3O4. The highest BCUT2D eigenvalue weighted by molar-refractivity contribution is 9.10. The summed E-state index contributed by atoms with van der Waals surface area (Å²) in [6.45, 7) is 3.74. The Kier molecular flexibility index (Phi) is 6.22. The molecule has 1 unspecified atom stereocenters. The summed E-state index contributed by atoms with van der Waals surface area (Å²) < 4.78 is 6.41. The number of hydrogen-bond acceptors (Lipinski definition) is 4. The molecule has 3 rings (SSSR count). The van der Waals surface area contributed by atoms with E-state index in [2.05, 4.69) is 26.6 Å². The van der Waals surface area contributed by atoms with Crippen LogP contribution in [0.4, 0.5) is 10.5 Å². The van der Waals surface area contributed by atoms with Gasteiger partial charge in [0.2, 0.25) is 5.91 Å². The monoisotopic (exact) mass is 459 g/mol. The second kappa shape index (κ2) is 8.65. The van der Waals surface area contributed by atoms with Crippen LogP contribution >= 0.6 is 15.9 Å². The molecule has 2 N–H and O–H groups in total. The maximum atomic E-state index is 13.0. The van der Waals surface area contributed by atoms with Gasteiger partial charge in [-0.15, -0.1) is 0 Å². The highest BCUT2D eigenvalue weighted by atomic mass is 79.9. The molecule has 2 aromatic carbocycles. The van der Waals surface area contributed by atoms with Gasteiger partial charge in [-0.25, -0.2) is 4.79 Å². The van der Waals surface area contributed by atoms with Gasteiger partial charge < -0.3 is 15.4 Å². The summed E-state index contributed by atoms with van der Waals surface area (Å²) in [5.74, 6) is -0.426. The Morgan fingerprint density at radius 1 is 1.21 bits per heavy atom. The van der Waals surface area contributed by atoms with Gasteiger partial charge in [0.05, 0.1) is 12.3 Å². The second-order valence-corrected chi connectivity index (χ2v) is 7.77. The molecule has 1 fully saturated rings. The topological polar surface area (TPSA) is 87.7 Å². The lowest BCUT2D eigenvalue weighted by molar-refractivity contribution is -0.133. The summed E-state index contributed by atoms with van der Waals surface area (Å²) in [4.78, 5) is 38.9. The van der Waals surface area contributed by atoms with Gasteiger partial charge in [0.25, 0.3) is 5.91 Å². The highest BCUT2D eigenvalue weighted by Gasteiger charge is 2.49. The van der Waals surface area contributed by atoms with E-state index in [0.29, 0.717) is 23.6 Å². The Hall–Kier alpha value is -2.87. The van der Waals surface area contributed by atoms with Crippen LogP contribution in [-0.2, 0) is 15.1 Å². The number of urea groups is 1. The Balaban J connectivity index is 1.73. The van der Waals surface area contributed by atoms with E-state index in [4.69, 9.17) is 4.74 Å². The number of nitrogens with zero attached hydrogens (tertiary/aromatic N) is 1. The summed E-state index contributed by atoms with van der Waals surface area (Å²) in [6, 6.07) is 13.6. The number of nitrogens with one attached hydrogen (secondary N) is 2. The van der Waals surface area contributed by atoms with E-state index in [1.807, 2.05) is 19.1 Å². The fourth-order valence-corrected chi connectivity index (χ4v) is 3.48. The largest absolute Gasteiger partial charge is 0.491 e. The van der Waals surface area contributed by atoms with E-state index >= 15 is 0 Å². The smallest absolute Gasteiger partial charge is 0.325 e. The van der Waals surface area contributed by atoms with Crippen molar-refractivity contribution in [2.45, 2.75) is 25.8 Å². The Morgan fingerprint density at radius 3 is 2.69 bits per heavy atom. The number of rotatable bonds is 7. The number of carbonyl (C=O) groups excluding carboxylic acids is 3. The van der Waals surface area contributed by atoms with Crippen molar-refractivity contribution in [3.8, 4) is 5.75 Å². The first-order chi connectivity index (χ1) is 13.8. The van der Waals surface area contributed by atoms with E-state index in [1.54, 1.807) is 43.3 Å². The lowest BCUT2D eigenvalue weighted by atomic mass is 9.92. The third-order valence-electron chi connectivity index (χ3n) is 4.60. The van der Waals surface area contributed by atoms with Crippen LogP contribution in [-0.4, -0.2) is 35.9 Å². The van der Waals surface area contributed by atoms with E-state index in [9.17, 15) is 14.4 Å². The molecule has 152 valence electrons. The van der Waals surface area contributed by atoms with Crippen molar-refractivity contribution in [2.75, 3.05) is 18.5 Å². The number of carbonyl (C=O) groups is 3. The average molecular weight is 460 g/mol. The minimum atomic E-state index is -1.23. The summed E-state index contributed by atoms with van der Waals surface area (Å²) in [5, 5.41) is 5.41. The summed E-state index contributed by atoms with van der Waals surface area (Å²) in [7, 11) is 0. The molecule has 29 heavy (non-hydrogen) atoms. The quantitative estimate of drug-likeness (QED) is 0.618. The molecule has 1 aliphatic rings. The summed E-state index contributed by atoms with van der Waals surface area (Å²) in [6.07, 6.45) is 0.832. The molecule has 0 aromatic heterocycles. The molecule has 0 radical (unpaired) electrons.